The van der Waals surface area contributed by atoms with Crippen molar-refractivity contribution in [2.75, 3.05) is 12.4 Å². The maximum absolute atomic E-state index is 12.2. The molecule has 0 aliphatic carbocycles. The SMILES string of the molecule is COc1cccc(C(=O)OC(C)C(=O)Nc2ccccc2C)c1O. The molecule has 0 fully saturated rings. The summed E-state index contributed by atoms with van der Waals surface area (Å²) in [6.07, 6.45) is -1.03. The molecule has 2 aromatic carbocycles. The summed E-state index contributed by atoms with van der Waals surface area (Å²) in [6, 6.07) is 11.7. The maximum atomic E-state index is 12.2. The third-order valence-electron chi connectivity index (χ3n) is 3.49. The quantitative estimate of drug-likeness (QED) is 0.824. The second kappa shape index (κ2) is 7.50. The van der Waals surface area contributed by atoms with Gasteiger partial charge in [-0.25, -0.2) is 4.79 Å². The molecule has 2 aromatic rings. The number of ether oxygens (including phenoxy) is 2. The molecule has 0 aliphatic heterocycles. The van der Waals surface area contributed by atoms with Gasteiger partial charge >= 0.3 is 5.97 Å². The monoisotopic (exact) mass is 329 g/mol. The van der Waals surface area contributed by atoms with Crippen LogP contribution in [0.2, 0.25) is 0 Å². The minimum Gasteiger partial charge on any atom is -0.504 e. The van der Waals surface area contributed by atoms with Crippen LogP contribution in [-0.4, -0.2) is 30.2 Å². The Labute approximate surface area is 140 Å². The molecule has 6 heteroatoms. The molecule has 0 saturated carbocycles. The van der Waals surface area contributed by atoms with Crippen LogP contribution in [0.3, 0.4) is 0 Å². The summed E-state index contributed by atoms with van der Waals surface area (Å²) in [6.45, 7) is 3.32. The number of aromatic hydroxyl groups is 1. The van der Waals surface area contributed by atoms with Crippen LogP contribution in [-0.2, 0) is 9.53 Å². The summed E-state index contributed by atoms with van der Waals surface area (Å²) >= 11 is 0. The zero-order chi connectivity index (χ0) is 17.7. The zero-order valence-electron chi connectivity index (χ0n) is 13.7. The van der Waals surface area contributed by atoms with E-state index in [1.54, 1.807) is 18.2 Å². The number of nitrogens with one attached hydrogen (secondary N) is 1. The van der Waals surface area contributed by atoms with Crippen molar-refractivity contribution < 1.29 is 24.2 Å². The number of benzene rings is 2. The number of amides is 1. The van der Waals surface area contributed by atoms with Crippen LogP contribution >= 0.6 is 0 Å². The van der Waals surface area contributed by atoms with E-state index in [9.17, 15) is 14.7 Å². The molecular formula is C18H19NO5. The Bertz CT molecular complexity index is 757. The Morgan fingerprint density at radius 1 is 1.12 bits per heavy atom. The Hall–Kier alpha value is -3.02. The van der Waals surface area contributed by atoms with E-state index in [4.69, 9.17) is 9.47 Å². The number of methoxy groups -OCH3 is 1. The summed E-state index contributed by atoms with van der Waals surface area (Å²) in [4.78, 5) is 24.3. The Morgan fingerprint density at radius 3 is 2.50 bits per heavy atom. The first-order chi connectivity index (χ1) is 11.4. The molecule has 0 aromatic heterocycles. The van der Waals surface area contributed by atoms with Gasteiger partial charge in [-0.2, -0.15) is 0 Å². The fourth-order valence-electron chi connectivity index (χ4n) is 2.08. The van der Waals surface area contributed by atoms with Crippen molar-refractivity contribution in [3.8, 4) is 11.5 Å². The number of hydrogen-bond acceptors (Lipinski definition) is 5. The van der Waals surface area contributed by atoms with Crippen LogP contribution < -0.4 is 10.1 Å². The molecule has 1 amide bonds. The van der Waals surface area contributed by atoms with E-state index in [1.165, 1.54) is 26.2 Å². The van der Waals surface area contributed by atoms with Gasteiger partial charge in [0.15, 0.2) is 17.6 Å². The van der Waals surface area contributed by atoms with Gasteiger partial charge in [0, 0.05) is 5.69 Å². The molecule has 1 atom stereocenters. The Morgan fingerprint density at radius 2 is 1.83 bits per heavy atom. The van der Waals surface area contributed by atoms with E-state index >= 15 is 0 Å². The molecule has 0 saturated heterocycles. The lowest BCUT2D eigenvalue weighted by Gasteiger charge is -2.15. The number of para-hydroxylation sites is 2. The van der Waals surface area contributed by atoms with Crippen LogP contribution in [0.4, 0.5) is 5.69 Å². The van der Waals surface area contributed by atoms with E-state index in [-0.39, 0.29) is 17.1 Å². The highest BCUT2D eigenvalue weighted by Gasteiger charge is 2.22. The first-order valence-corrected chi connectivity index (χ1v) is 7.37. The molecule has 0 radical (unpaired) electrons. The molecule has 24 heavy (non-hydrogen) atoms. The number of carbonyl (C=O) groups is 2. The summed E-state index contributed by atoms with van der Waals surface area (Å²) < 4.78 is 10.1. The second-order valence-corrected chi connectivity index (χ2v) is 5.21. The molecule has 2 N–H and O–H groups in total. The van der Waals surface area contributed by atoms with E-state index in [1.807, 2.05) is 19.1 Å². The average Bonchev–Trinajstić information content (AvgIpc) is 2.56. The number of carbonyl (C=O) groups excluding carboxylic acids is 2. The summed E-state index contributed by atoms with van der Waals surface area (Å²) in [5.41, 5.74) is 1.48. The van der Waals surface area contributed by atoms with Crippen LogP contribution in [0.1, 0.15) is 22.8 Å². The number of rotatable bonds is 5. The minimum atomic E-state index is -1.03. The van der Waals surface area contributed by atoms with Crippen molar-refractivity contribution in [3.05, 3.63) is 53.6 Å². The fraction of sp³-hybridized carbons (Fsp3) is 0.222. The molecule has 2 rings (SSSR count). The number of esters is 1. The molecule has 126 valence electrons. The normalized spacial score (nSPS) is 11.5. The van der Waals surface area contributed by atoms with Gasteiger partial charge in [-0.05, 0) is 37.6 Å². The predicted octanol–water partition coefficient (Wildman–Crippen LogP) is 2.89. The standard InChI is InChI=1S/C18H19NO5/c1-11-7-4-5-9-14(11)19-17(21)12(2)24-18(22)13-8-6-10-15(23-3)16(13)20/h4-10,12,20H,1-3H3,(H,19,21). The van der Waals surface area contributed by atoms with Gasteiger partial charge in [-0.15, -0.1) is 0 Å². The Kier molecular flexibility index (Phi) is 5.42. The van der Waals surface area contributed by atoms with E-state index in [0.29, 0.717) is 5.69 Å². The Balaban J connectivity index is 2.06. The molecule has 0 bridgehead atoms. The highest BCUT2D eigenvalue weighted by Crippen LogP contribution is 2.30. The predicted molar refractivity (Wildman–Crippen MR) is 89.3 cm³/mol. The van der Waals surface area contributed by atoms with E-state index < -0.39 is 18.0 Å². The van der Waals surface area contributed by atoms with Crippen molar-refractivity contribution in [1.82, 2.24) is 0 Å². The largest absolute Gasteiger partial charge is 0.504 e. The highest BCUT2D eigenvalue weighted by atomic mass is 16.5. The number of hydrogen-bond donors (Lipinski definition) is 2. The van der Waals surface area contributed by atoms with E-state index in [0.717, 1.165) is 5.56 Å². The zero-order valence-corrected chi connectivity index (χ0v) is 13.7. The van der Waals surface area contributed by atoms with Crippen molar-refractivity contribution >= 4 is 17.6 Å². The molecule has 1 unspecified atom stereocenters. The van der Waals surface area contributed by atoms with Crippen molar-refractivity contribution in [1.29, 1.82) is 0 Å². The van der Waals surface area contributed by atoms with Gasteiger partial charge in [0.05, 0.1) is 7.11 Å². The number of aryl methyl sites for hydroxylation is 1. The topological polar surface area (TPSA) is 84.9 Å². The van der Waals surface area contributed by atoms with Gasteiger partial charge in [0.1, 0.15) is 5.56 Å². The molecule has 6 nitrogen and oxygen atoms in total. The first-order valence-electron chi connectivity index (χ1n) is 7.37. The van der Waals surface area contributed by atoms with Gasteiger partial charge in [0.2, 0.25) is 0 Å². The lowest BCUT2D eigenvalue weighted by atomic mass is 10.2. The summed E-state index contributed by atoms with van der Waals surface area (Å²) in [7, 11) is 1.38. The highest BCUT2D eigenvalue weighted by molar-refractivity contribution is 5.98. The van der Waals surface area contributed by atoms with Gasteiger partial charge in [0.25, 0.3) is 5.91 Å². The maximum Gasteiger partial charge on any atom is 0.342 e. The van der Waals surface area contributed by atoms with Crippen LogP contribution in [0.5, 0.6) is 11.5 Å². The van der Waals surface area contributed by atoms with Crippen LogP contribution in [0, 0.1) is 6.92 Å². The first kappa shape index (κ1) is 17.3. The minimum absolute atomic E-state index is 0.0649. The molecule has 0 spiro atoms. The average molecular weight is 329 g/mol. The second-order valence-electron chi connectivity index (χ2n) is 5.21. The fourth-order valence-corrected chi connectivity index (χ4v) is 2.08. The molecule has 0 aliphatic rings. The third kappa shape index (κ3) is 3.84. The van der Waals surface area contributed by atoms with Crippen molar-refractivity contribution in [2.24, 2.45) is 0 Å². The molecule has 0 heterocycles. The lowest BCUT2D eigenvalue weighted by molar-refractivity contribution is -0.123. The number of phenolic OH excluding ortho intramolecular Hbond substituents is 1. The van der Waals surface area contributed by atoms with Gasteiger partial charge in [-0.3, -0.25) is 4.79 Å². The van der Waals surface area contributed by atoms with Crippen molar-refractivity contribution in [3.63, 3.8) is 0 Å². The van der Waals surface area contributed by atoms with Crippen LogP contribution in [0.25, 0.3) is 0 Å². The summed E-state index contributed by atoms with van der Waals surface area (Å²) in [5.74, 6) is -1.43. The summed E-state index contributed by atoms with van der Waals surface area (Å²) in [5, 5.41) is 12.7. The van der Waals surface area contributed by atoms with Crippen molar-refractivity contribution in [2.45, 2.75) is 20.0 Å². The molecular weight excluding hydrogens is 310 g/mol. The van der Waals surface area contributed by atoms with Crippen LogP contribution in [0.15, 0.2) is 42.5 Å². The number of anilines is 1. The smallest absolute Gasteiger partial charge is 0.342 e. The number of phenols is 1. The van der Waals surface area contributed by atoms with Gasteiger partial charge < -0.3 is 19.9 Å². The van der Waals surface area contributed by atoms with Gasteiger partial charge in [-0.1, -0.05) is 24.3 Å². The lowest BCUT2D eigenvalue weighted by Crippen LogP contribution is -2.30. The third-order valence-corrected chi connectivity index (χ3v) is 3.49. The van der Waals surface area contributed by atoms with E-state index in [2.05, 4.69) is 5.32 Å².